The van der Waals surface area contributed by atoms with E-state index in [2.05, 4.69) is 0 Å². The number of rotatable bonds is 0. The van der Waals surface area contributed by atoms with Crippen molar-refractivity contribution >= 4 is 27.8 Å². The lowest BCUT2D eigenvalue weighted by Gasteiger charge is -1.90. The highest BCUT2D eigenvalue weighted by molar-refractivity contribution is 7.79. The van der Waals surface area contributed by atoms with E-state index in [0.717, 1.165) is 0 Å². The Morgan fingerprint density at radius 3 is 1.10 bits per heavy atom. The molecule has 0 spiro atoms. The summed E-state index contributed by atoms with van der Waals surface area (Å²) in [5, 5.41) is 0. The maximum atomic E-state index is 8.74. The minimum Gasteiger partial charge on any atom is -0.312 e. The van der Waals surface area contributed by atoms with Crippen molar-refractivity contribution in [1.82, 2.24) is 4.90 Å². The van der Waals surface area contributed by atoms with Gasteiger partial charge in [0.05, 0.1) is 0 Å². The third-order valence-corrected chi connectivity index (χ3v) is 0. The van der Waals surface area contributed by atoms with Crippen molar-refractivity contribution in [2.75, 3.05) is 21.1 Å². The molecule has 0 fully saturated rings. The third-order valence-electron chi connectivity index (χ3n) is 0. The SMILES string of the molecule is CN(C)C.O=S(=O)(O)O.[AlH3]. The van der Waals surface area contributed by atoms with Crippen LogP contribution in [-0.4, -0.2) is 60.9 Å². The molecule has 64 valence electrons. The summed E-state index contributed by atoms with van der Waals surface area (Å²) >= 11 is 0. The van der Waals surface area contributed by atoms with Crippen LogP contribution in [0.4, 0.5) is 0 Å². The smallest absolute Gasteiger partial charge is 0.312 e. The first-order valence-electron chi connectivity index (χ1n) is 2.04. The van der Waals surface area contributed by atoms with Gasteiger partial charge in [-0.25, -0.2) is 0 Å². The van der Waals surface area contributed by atoms with E-state index < -0.39 is 10.4 Å². The molecule has 5 nitrogen and oxygen atoms in total. The fourth-order valence-corrected chi connectivity index (χ4v) is 0. The Labute approximate surface area is 71.7 Å². The van der Waals surface area contributed by atoms with Crippen LogP contribution in [0.2, 0.25) is 0 Å². The molecule has 0 rings (SSSR count). The van der Waals surface area contributed by atoms with Gasteiger partial charge < -0.3 is 4.90 Å². The minimum absolute atomic E-state index is 0. The number of hydrogen-bond donors (Lipinski definition) is 2. The average molecular weight is 187 g/mol. The van der Waals surface area contributed by atoms with Gasteiger partial charge in [0.25, 0.3) is 0 Å². The van der Waals surface area contributed by atoms with E-state index in [1.165, 1.54) is 0 Å². The van der Waals surface area contributed by atoms with Gasteiger partial charge in [-0.2, -0.15) is 8.42 Å². The van der Waals surface area contributed by atoms with E-state index in [1.807, 2.05) is 26.0 Å². The largest absolute Gasteiger partial charge is 0.394 e. The summed E-state index contributed by atoms with van der Waals surface area (Å²) in [5.74, 6) is 0. The fraction of sp³-hybridized carbons (Fsp3) is 1.00. The molecule has 0 saturated heterocycles. The first-order chi connectivity index (χ1) is 3.73. The second kappa shape index (κ2) is 7.47. The Morgan fingerprint density at radius 1 is 1.10 bits per heavy atom. The summed E-state index contributed by atoms with van der Waals surface area (Å²) in [6.07, 6.45) is 0. The molecular weight excluding hydrogens is 173 g/mol. The van der Waals surface area contributed by atoms with Crippen molar-refractivity contribution < 1.29 is 17.5 Å². The Hall–Kier alpha value is 0.362. The van der Waals surface area contributed by atoms with Crippen molar-refractivity contribution in [3.8, 4) is 0 Å². The van der Waals surface area contributed by atoms with E-state index in [0.29, 0.717) is 0 Å². The molecule has 0 aliphatic carbocycles. The van der Waals surface area contributed by atoms with Gasteiger partial charge in [-0.05, 0) is 21.1 Å². The topological polar surface area (TPSA) is 77.8 Å². The molecule has 0 bridgehead atoms. The zero-order valence-corrected chi connectivity index (χ0v) is 6.38. The van der Waals surface area contributed by atoms with E-state index >= 15 is 0 Å². The first-order valence-corrected chi connectivity index (χ1v) is 3.44. The highest BCUT2D eigenvalue weighted by Gasteiger charge is 1.84. The minimum atomic E-state index is -4.67. The number of nitrogens with zero attached hydrogens (tertiary/aromatic N) is 1. The number of hydrogen-bond acceptors (Lipinski definition) is 3. The standard InChI is InChI=1S/C3H9N.Al.H2O4S.3H/c1-4(2)3;;1-5(2,3)4;;;/h1-3H3;;(H2,1,2,3,4);;;. The molecule has 0 amide bonds. The summed E-state index contributed by atoms with van der Waals surface area (Å²) in [5.41, 5.74) is 0. The average Bonchev–Trinajstić information content (AvgIpc) is 1.19. The molecule has 0 heterocycles. The highest BCUT2D eigenvalue weighted by atomic mass is 32.3. The van der Waals surface area contributed by atoms with E-state index in [9.17, 15) is 0 Å². The first kappa shape index (κ1) is 16.8. The monoisotopic (exact) mass is 187 g/mol. The molecule has 0 saturated carbocycles. The molecular formula is C3H14AlNO4S. The normalized spacial score (nSPS) is 9.40. The molecule has 0 aliphatic rings. The van der Waals surface area contributed by atoms with Crippen molar-refractivity contribution in [3.63, 3.8) is 0 Å². The Kier molecular flexibility index (Phi) is 12.5. The van der Waals surface area contributed by atoms with Gasteiger partial charge in [-0.3, -0.25) is 9.11 Å². The quantitative estimate of drug-likeness (QED) is 0.350. The molecule has 10 heavy (non-hydrogen) atoms. The molecule has 7 heteroatoms. The molecule has 2 N–H and O–H groups in total. The Balaban J connectivity index is -0.0000000910. The molecule has 0 aromatic heterocycles. The molecule has 0 aliphatic heterocycles. The maximum absolute atomic E-state index is 8.74. The van der Waals surface area contributed by atoms with Gasteiger partial charge in [0, 0.05) is 0 Å². The predicted octanol–water partition coefficient (Wildman–Crippen LogP) is -1.66. The van der Waals surface area contributed by atoms with Crippen molar-refractivity contribution in [2.45, 2.75) is 0 Å². The van der Waals surface area contributed by atoms with Crippen molar-refractivity contribution in [2.24, 2.45) is 0 Å². The molecule has 0 atom stereocenters. The van der Waals surface area contributed by atoms with Crippen LogP contribution in [0.5, 0.6) is 0 Å². The van der Waals surface area contributed by atoms with Gasteiger partial charge in [0.2, 0.25) is 0 Å². The summed E-state index contributed by atoms with van der Waals surface area (Å²) in [6, 6.07) is 0. The van der Waals surface area contributed by atoms with Crippen LogP contribution in [0.1, 0.15) is 0 Å². The van der Waals surface area contributed by atoms with Crippen LogP contribution in [0.25, 0.3) is 0 Å². The van der Waals surface area contributed by atoms with E-state index in [-0.39, 0.29) is 17.4 Å². The second-order valence-corrected chi connectivity index (χ2v) is 2.69. The van der Waals surface area contributed by atoms with Crippen LogP contribution in [0.3, 0.4) is 0 Å². The third kappa shape index (κ3) is 3450. The van der Waals surface area contributed by atoms with Crippen LogP contribution < -0.4 is 0 Å². The molecule has 0 unspecified atom stereocenters. The summed E-state index contributed by atoms with van der Waals surface area (Å²) < 4.78 is 31.6. The van der Waals surface area contributed by atoms with Gasteiger partial charge in [-0.1, -0.05) is 0 Å². The Bertz CT molecular complexity index is 132. The van der Waals surface area contributed by atoms with E-state index in [4.69, 9.17) is 17.5 Å². The molecule has 0 aromatic rings. The van der Waals surface area contributed by atoms with Crippen molar-refractivity contribution in [3.05, 3.63) is 0 Å². The summed E-state index contributed by atoms with van der Waals surface area (Å²) in [7, 11) is 1.33. The van der Waals surface area contributed by atoms with Crippen LogP contribution in [-0.2, 0) is 10.4 Å². The van der Waals surface area contributed by atoms with Crippen LogP contribution in [0.15, 0.2) is 0 Å². The lowest BCUT2D eigenvalue weighted by molar-refractivity contribution is 0.381. The Morgan fingerprint density at radius 2 is 1.10 bits per heavy atom. The zero-order valence-electron chi connectivity index (χ0n) is 5.57. The molecule has 0 aromatic carbocycles. The van der Waals surface area contributed by atoms with Gasteiger partial charge in [0.1, 0.15) is 0 Å². The lowest BCUT2D eigenvalue weighted by Crippen LogP contribution is -1.99. The van der Waals surface area contributed by atoms with E-state index in [1.54, 1.807) is 0 Å². The van der Waals surface area contributed by atoms with Crippen LogP contribution in [0, 0.1) is 0 Å². The molecule has 0 radical (unpaired) electrons. The van der Waals surface area contributed by atoms with Gasteiger partial charge in [0.15, 0.2) is 17.4 Å². The lowest BCUT2D eigenvalue weighted by atomic mass is 11.0. The summed E-state index contributed by atoms with van der Waals surface area (Å²) in [6.45, 7) is 0. The van der Waals surface area contributed by atoms with Crippen LogP contribution >= 0.6 is 0 Å². The second-order valence-electron chi connectivity index (χ2n) is 1.79. The van der Waals surface area contributed by atoms with Gasteiger partial charge in [-0.15, -0.1) is 0 Å². The predicted molar refractivity (Wildman–Crippen MR) is 43.7 cm³/mol. The van der Waals surface area contributed by atoms with Crippen molar-refractivity contribution in [1.29, 1.82) is 0 Å². The maximum Gasteiger partial charge on any atom is 0.394 e. The zero-order chi connectivity index (χ0) is 8.08. The fourth-order valence-electron chi connectivity index (χ4n) is 0. The highest BCUT2D eigenvalue weighted by Crippen LogP contribution is 1.59. The summed E-state index contributed by atoms with van der Waals surface area (Å²) in [4.78, 5) is 2.00. The van der Waals surface area contributed by atoms with Gasteiger partial charge >= 0.3 is 10.4 Å².